The zero-order valence-electron chi connectivity index (χ0n) is 6.58. The molecule has 0 amide bonds. The van der Waals surface area contributed by atoms with Gasteiger partial charge in [0.2, 0.25) is 0 Å². The molecule has 0 aliphatic heterocycles. The predicted molar refractivity (Wildman–Crippen MR) is 39.6 cm³/mol. The molecule has 0 saturated carbocycles. The quantitative estimate of drug-likeness (QED) is 0.369. The Labute approximate surface area is 73.7 Å². The molecule has 0 rings (SSSR count). The maximum atomic E-state index is 10.3. The van der Waals surface area contributed by atoms with Gasteiger partial charge in [-0.1, -0.05) is 0 Å². The first kappa shape index (κ1) is 11.9. The second kappa shape index (κ2) is 5.52. The monoisotopic (exact) mass is 192 g/mol. The smallest absolute Gasteiger partial charge is 0.481 e. The molecule has 0 aliphatic carbocycles. The first-order valence-electron chi connectivity index (χ1n) is 3.39. The maximum absolute atomic E-state index is 10.3. The molecular formula is C5H9BO7. The summed E-state index contributed by atoms with van der Waals surface area (Å²) in [6, 6.07) is 0. The highest BCUT2D eigenvalue weighted by molar-refractivity contribution is 6.33. The average molecular weight is 192 g/mol. The number of hydrogen-bond acceptors (Lipinski definition) is 5. The van der Waals surface area contributed by atoms with E-state index in [0.717, 1.165) is 0 Å². The fourth-order valence-electron chi connectivity index (χ4n) is 0.651. The van der Waals surface area contributed by atoms with Crippen LogP contribution in [-0.2, 0) is 14.2 Å². The van der Waals surface area contributed by atoms with Gasteiger partial charge in [-0.15, -0.1) is 0 Å². The third kappa shape index (κ3) is 6.08. The van der Waals surface area contributed by atoms with Crippen molar-refractivity contribution in [3.8, 4) is 0 Å². The van der Waals surface area contributed by atoms with Crippen LogP contribution < -0.4 is 0 Å². The van der Waals surface area contributed by atoms with Gasteiger partial charge in [0.15, 0.2) is 0 Å². The lowest BCUT2D eigenvalue weighted by molar-refractivity contribution is -0.147. The predicted octanol–water partition coefficient (Wildman–Crippen LogP) is -1.71. The van der Waals surface area contributed by atoms with E-state index in [-0.39, 0.29) is 6.42 Å². The Kier molecular flexibility index (Phi) is 5.04. The van der Waals surface area contributed by atoms with Gasteiger partial charge in [0.1, 0.15) is 6.10 Å². The normalized spacial score (nSPS) is 12.2. The summed E-state index contributed by atoms with van der Waals surface area (Å²) < 4.78 is 4.11. The Balaban J connectivity index is 3.95. The summed E-state index contributed by atoms with van der Waals surface area (Å²) in [7, 11) is -2.21. The zero-order chi connectivity index (χ0) is 10.4. The standard InChI is InChI=1S/C5H9BO7/c7-4(8)2-1-3(5(9)10)13-6(11)12/h3,11-12H,1-2H2,(H,7,8)(H,9,10). The molecule has 0 fully saturated rings. The first-order valence-corrected chi connectivity index (χ1v) is 3.39. The van der Waals surface area contributed by atoms with Crippen LogP contribution in [0.5, 0.6) is 0 Å². The van der Waals surface area contributed by atoms with E-state index < -0.39 is 31.8 Å². The fraction of sp³-hybridized carbons (Fsp3) is 0.600. The van der Waals surface area contributed by atoms with Crippen molar-refractivity contribution in [2.75, 3.05) is 0 Å². The lowest BCUT2D eigenvalue weighted by atomic mass is 10.1. The van der Waals surface area contributed by atoms with Gasteiger partial charge in [0.25, 0.3) is 0 Å². The van der Waals surface area contributed by atoms with E-state index in [4.69, 9.17) is 20.3 Å². The Hall–Kier alpha value is -1.12. The third-order valence-electron chi connectivity index (χ3n) is 1.18. The van der Waals surface area contributed by atoms with E-state index in [1.54, 1.807) is 0 Å². The van der Waals surface area contributed by atoms with Gasteiger partial charge in [-0.3, -0.25) is 4.79 Å². The molecule has 8 heteroatoms. The molecule has 0 aliphatic rings. The van der Waals surface area contributed by atoms with Crippen molar-refractivity contribution in [2.24, 2.45) is 0 Å². The van der Waals surface area contributed by atoms with Gasteiger partial charge in [0, 0.05) is 6.42 Å². The average Bonchev–Trinajstić information content (AvgIpc) is 1.96. The van der Waals surface area contributed by atoms with Crippen molar-refractivity contribution in [1.29, 1.82) is 0 Å². The van der Waals surface area contributed by atoms with Gasteiger partial charge < -0.3 is 24.9 Å². The highest BCUT2D eigenvalue weighted by atomic mass is 16.6. The Morgan fingerprint density at radius 3 is 2.15 bits per heavy atom. The Morgan fingerprint density at radius 2 is 1.85 bits per heavy atom. The van der Waals surface area contributed by atoms with Crippen molar-refractivity contribution in [1.82, 2.24) is 0 Å². The van der Waals surface area contributed by atoms with E-state index in [9.17, 15) is 9.59 Å². The lowest BCUT2D eigenvalue weighted by Gasteiger charge is -2.11. The number of carboxylic acid groups (broad SMARTS) is 2. The SMILES string of the molecule is O=C(O)CCC(OB(O)O)C(=O)O. The molecule has 0 aromatic heterocycles. The minimum absolute atomic E-state index is 0.317. The third-order valence-corrected chi connectivity index (χ3v) is 1.18. The summed E-state index contributed by atoms with van der Waals surface area (Å²) in [5, 5.41) is 33.1. The highest BCUT2D eigenvalue weighted by Gasteiger charge is 2.24. The van der Waals surface area contributed by atoms with E-state index in [2.05, 4.69) is 4.65 Å². The summed E-state index contributed by atoms with van der Waals surface area (Å²) in [6.45, 7) is 0. The molecule has 4 N–H and O–H groups in total. The van der Waals surface area contributed by atoms with Crippen LogP contribution in [0, 0.1) is 0 Å². The van der Waals surface area contributed by atoms with Crippen LogP contribution in [0.4, 0.5) is 0 Å². The fourth-order valence-corrected chi connectivity index (χ4v) is 0.651. The molecule has 0 aromatic rings. The van der Waals surface area contributed by atoms with Crippen LogP contribution in [0.2, 0.25) is 0 Å². The molecular weight excluding hydrogens is 183 g/mol. The molecule has 0 bridgehead atoms. The van der Waals surface area contributed by atoms with Crippen molar-refractivity contribution in [2.45, 2.75) is 18.9 Å². The van der Waals surface area contributed by atoms with Crippen LogP contribution >= 0.6 is 0 Å². The van der Waals surface area contributed by atoms with Crippen LogP contribution in [0.15, 0.2) is 0 Å². The molecule has 74 valence electrons. The first-order chi connectivity index (χ1) is 5.93. The Bertz CT molecular complexity index is 191. The molecule has 0 saturated heterocycles. The molecule has 0 aromatic carbocycles. The largest absolute Gasteiger partial charge is 0.634 e. The molecule has 1 unspecified atom stereocenters. The van der Waals surface area contributed by atoms with Crippen molar-refractivity contribution in [3.05, 3.63) is 0 Å². The summed E-state index contributed by atoms with van der Waals surface area (Å²) in [5.74, 6) is -2.61. The van der Waals surface area contributed by atoms with Crippen LogP contribution in [0.3, 0.4) is 0 Å². The second-order valence-corrected chi connectivity index (χ2v) is 2.22. The molecule has 13 heavy (non-hydrogen) atoms. The van der Waals surface area contributed by atoms with Gasteiger partial charge in [-0.2, -0.15) is 0 Å². The van der Waals surface area contributed by atoms with Gasteiger partial charge >= 0.3 is 19.3 Å². The highest BCUT2D eigenvalue weighted by Crippen LogP contribution is 2.03. The van der Waals surface area contributed by atoms with Gasteiger partial charge in [-0.05, 0) is 6.42 Å². The summed E-state index contributed by atoms with van der Waals surface area (Å²) in [4.78, 5) is 20.3. The Morgan fingerprint density at radius 1 is 1.31 bits per heavy atom. The van der Waals surface area contributed by atoms with E-state index in [1.165, 1.54) is 0 Å². The van der Waals surface area contributed by atoms with E-state index in [1.807, 2.05) is 0 Å². The van der Waals surface area contributed by atoms with Crippen LogP contribution in [0.25, 0.3) is 0 Å². The zero-order valence-corrected chi connectivity index (χ0v) is 6.58. The van der Waals surface area contributed by atoms with Crippen LogP contribution in [0.1, 0.15) is 12.8 Å². The van der Waals surface area contributed by atoms with Crippen molar-refractivity contribution in [3.63, 3.8) is 0 Å². The number of aliphatic carboxylic acids is 2. The molecule has 0 radical (unpaired) electrons. The number of carbonyl (C=O) groups is 2. The molecule has 7 nitrogen and oxygen atoms in total. The van der Waals surface area contributed by atoms with Crippen molar-refractivity contribution < 1.29 is 34.5 Å². The van der Waals surface area contributed by atoms with Gasteiger partial charge in [-0.25, -0.2) is 4.79 Å². The second-order valence-electron chi connectivity index (χ2n) is 2.22. The van der Waals surface area contributed by atoms with Crippen molar-refractivity contribution >= 4 is 19.3 Å². The number of carboxylic acids is 2. The minimum atomic E-state index is -2.21. The minimum Gasteiger partial charge on any atom is -0.481 e. The van der Waals surface area contributed by atoms with E-state index >= 15 is 0 Å². The number of rotatable bonds is 6. The number of hydrogen-bond donors (Lipinski definition) is 4. The lowest BCUT2D eigenvalue weighted by Crippen LogP contribution is -2.32. The molecule has 0 spiro atoms. The topological polar surface area (TPSA) is 124 Å². The summed E-state index contributed by atoms with van der Waals surface area (Å²) in [6.07, 6.45) is -2.25. The molecule has 0 heterocycles. The molecule has 1 atom stereocenters. The van der Waals surface area contributed by atoms with Gasteiger partial charge in [0.05, 0.1) is 0 Å². The van der Waals surface area contributed by atoms with E-state index in [0.29, 0.717) is 0 Å². The summed E-state index contributed by atoms with van der Waals surface area (Å²) in [5.41, 5.74) is 0. The maximum Gasteiger partial charge on any atom is 0.634 e. The van der Waals surface area contributed by atoms with Crippen LogP contribution in [-0.4, -0.2) is 45.6 Å². The summed E-state index contributed by atoms with van der Waals surface area (Å²) >= 11 is 0.